The summed E-state index contributed by atoms with van der Waals surface area (Å²) in [5, 5.41) is 22.3. The van der Waals surface area contributed by atoms with Crippen molar-refractivity contribution in [1.29, 1.82) is 5.41 Å². The van der Waals surface area contributed by atoms with Gasteiger partial charge in [-0.25, -0.2) is 9.50 Å². The second-order valence-corrected chi connectivity index (χ2v) is 6.36. The Kier molecular flexibility index (Phi) is 4.59. The Hall–Kier alpha value is -3.20. The molecule has 0 aliphatic carbocycles. The normalized spacial score (nSPS) is 18.1. The Morgan fingerprint density at radius 3 is 3.00 bits per heavy atom. The lowest BCUT2D eigenvalue weighted by Gasteiger charge is -2.34. The van der Waals surface area contributed by atoms with E-state index in [0.29, 0.717) is 24.7 Å². The van der Waals surface area contributed by atoms with Gasteiger partial charge < -0.3 is 20.4 Å². The molecule has 0 saturated carbocycles. The van der Waals surface area contributed by atoms with Crippen molar-refractivity contribution >= 4 is 23.2 Å². The largest absolute Gasteiger partial charge is 0.385 e. The molecule has 1 saturated heterocycles. The number of allylic oxidation sites excluding steroid dienone is 1. The molecule has 0 amide bonds. The highest BCUT2D eigenvalue weighted by Crippen LogP contribution is 2.28. The third kappa shape index (κ3) is 3.06. The van der Waals surface area contributed by atoms with E-state index in [0.717, 1.165) is 29.3 Å². The minimum absolute atomic E-state index is 0.209. The van der Waals surface area contributed by atoms with Gasteiger partial charge in [-0.15, -0.1) is 5.10 Å². The van der Waals surface area contributed by atoms with Crippen LogP contribution in [-0.2, 0) is 4.74 Å². The van der Waals surface area contributed by atoms with Crippen molar-refractivity contribution in [3.8, 4) is 11.4 Å². The van der Waals surface area contributed by atoms with Crippen molar-refractivity contribution in [2.24, 2.45) is 0 Å². The molecule has 1 aliphatic heterocycles. The first-order chi connectivity index (χ1) is 13.2. The number of morpholine rings is 1. The minimum Gasteiger partial charge on any atom is -0.385 e. The lowest BCUT2D eigenvalue weighted by molar-refractivity contribution is 0.0986. The molecule has 9 nitrogen and oxygen atoms in total. The molecule has 0 aromatic carbocycles. The molecule has 1 atom stereocenters. The Morgan fingerprint density at radius 1 is 1.41 bits per heavy atom. The first kappa shape index (κ1) is 17.2. The van der Waals surface area contributed by atoms with E-state index in [2.05, 4.69) is 27.3 Å². The van der Waals surface area contributed by atoms with Gasteiger partial charge >= 0.3 is 0 Å². The van der Waals surface area contributed by atoms with Crippen LogP contribution in [0.2, 0.25) is 0 Å². The molecule has 3 aromatic rings. The molecule has 1 unspecified atom stereocenters. The summed E-state index contributed by atoms with van der Waals surface area (Å²) in [7, 11) is 1.80. The number of fused-ring (bicyclic) bond motifs is 1. The summed E-state index contributed by atoms with van der Waals surface area (Å²) in [6.07, 6.45) is 4.59. The molecular formula is C18H22N8O. The van der Waals surface area contributed by atoms with E-state index < -0.39 is 0 Å². The highest BCUT2D eigenvalue weighted by atomic mass is 16.5. The average molecular weight is 366 g/mol. The van der Waals surface area contributed by atoms with Gasteiger partial charge in [-0.2, -0.15) is 5.10 Å². The molecule has 0 bridgehead atoms. The molecule has 27 heavy (non-hydrogen) atoms. The summed E-state index contributed by atoms with van der Waals surface area (Å²) in [5.74, 6) is 1.38. The molecule has 1 aliphatic rings. The van der Waals surface area contributed by atoms with E-state index in [9.17, 15) is 0 Å². The molecule has 0 spiro atoms. The topological polar surface area (TPSA) is 107 Å². The van der Waals surface area contributed by atoms with Gasteiger partial charge in [0.05, 0.1) is 36.3 Å². The molecule has 3 N–H and O–H groups in total. The minimum atomic E-state index is 0.209. The lowest BCUT2D eigenvalue weighted by atomic mass is 10.2. The van der Waals surface area contributed by atoms with Crippen LogP contribution in [0.4, 0.5) is 5.82 Å². The molecular weight excluding hydrogens is 344 g/mol. The first-order valence-electron chi connectivity index (χ1n) is 8.85. The monoisotopic (exact) mass is 366 g/mol. The Labute approximate surface area is 156 Å². The zero-order valence-corrected chi connectivity index (χ0v) is 15.3. The van der Waals surface area contributed by atoms with Crippen LogP contribution in [0.5, 0.6) is 0 Å². The molecule has 4 rings (SSSR count). The second-order valence-electron chi connectivity index (χ2n) is 6.36. The number of rotatable bonds is 5. The predicted octanol–water partition coefficient (Wildman–Crippen LogP) is 1.55. The zero-order chi connectivity index (χ0) is 18.8. The first-order valence-corrected chi connectivity index (χ1v) is 8.85. The number of H-pyrrole nitrogens is 1. The number of hydrogen-bond acceptors (Lipinski definition) is 7. The molecule has 140 valence electrons. The van der Waals surface area contributed by atoms with Gasteiger partial charge in [0.2, 0.25) is 0 Å². The number of nitrogens with zero attached hydrogens (tertiary/aromatic N) is 5. The Balaban J connectivity index is 1.95. The summed E-state index contributed by atoms with van der Waals surface area (Å²) in [6.45, 7) is 4.22. The van der Waals surface area contributed by atoms with Gasteiger partial charge in [-0.3, -0.25) is 5.10 Å². The third-order valence-electron chi connectivity index (χ3n) is 4.67. The van der Waals surface area contributed by atoms with Crippen molar-refractivity contribution in [3.63, 3.8) is 0 Å². The maximum atomic E-state index is 7.41. The van der Waals surface area contributed by atoms with Gasteiger partial charge in [0.1, 0.15) is 5.52 Å². The predicted molar refractivity (Wildman–Crippen MR) is 104 cm³/mol. The number of hydrogen-bond donors (Lipinski definition) is 3. The smallest absolute Gasteiger partial charge is 0.198 e. The summed E-state index contributed by atoms with van der Waals surface area (Å²) in [5.41, 5.74) is 3.38. The SMILES string of the molecule is CN/C(=C\C=N)c1nc(N2CCOCC2C)c2ccc(-c3ccn[nH]3)n2n1. The second kappa shape index (κ2) is 7.20. The fourth-order valence-corrected chi connectivity index (χ4v) is 3.30. The van der Waals surface area contributed by atoms with Crippen LogP contribution in [0.1, 0.15) is 12.7 Å². The number of aromatic amines is 1. The third-order valence-corrected chi connectivity index (χ3v) is 4.67. The summed E-state index contributed by atoms with van der Waals surface area (Å²) in [4.78, 5) is 7.09. The van der Waals surface area contributed by atoms with Crippen LogP contribution < -0.4 is 10.2 Å². The van der Waals surface area contributed by atoms with E-state index in [-0.39, 0.29) is 6.04 Å². The highest BCUT2D eigenvalue weighted by Gasteiger charge is 2.25. The van der Waals surface area contributed by atoms with E-state index >= 15 is 0 Å². The van der Waals surface area contributed by atoms with Gasteiger partial charge in [0.15, 0.2) is 11.6 Å². The van der Waals surface area contributed by atoms with Crippen molar-refractivity contribution in [2.75, 3.05) is 31.7 Å². The zero-order valence-electron chi connectivity index (χ0n) is 15.3. The van der Waals surface area contributed by atoms with Gasteiger partial charge in [-0.05, 0) is 31.2 Å². The highest BCUT2D eigenvalue weighted by molar-refractivity contribution is 5.82. The maximum absolute atomic E-state index is 7.41. The number of anilines is 1. The summed E-state index contributed by atoms with van der Waals surface area (Å²) < 4.78 is 7.47. The van der Waals surface area contributed by atoms with Crippen LogP contribution in [0.25, 0.3) is 22.6 Å². The maximum Gasteiger partial charge on any atom is 0.198 e. The van der Waals surface area contributed by atoms with Crippen molar-refractivity contribution in [2.45, 2.75) is 13.0 Å². The van der Waals surface area contributed by atoms with Crippen LogP contribution in [-0.4, -0.2) is 63.9 Å². The van der Waals surface area contributed by atoms with E-state index in [1.165, 1.54) is 6.21 Å². The van der Waals surface area contributed by atoms with Crippen molar-refractivity contribution in [3.05, 3.63) is 36.3 Å². The fourth-order valence-electron chi connectivity index (χ4n) is 3.30. The van der Waals surface area contributed by atoms with Crippen LogP contribution in [0.3, 0.4) is 0 Å². The summed E-state index contributed by atoms with van der Waals surface area (Å²) in [6, 6.07) is 6.15. The average Bonchev–Trinajstić information content (AvgIpc) is 3.35. The van der Waals surface area contributed by atoms with Crippen LogP contribution in [0, 0.1) is 5.41 Å². The van der Waals surface area contributed by atoms with Gasteiger partial charge in [0.25, 0.3) is 0 Å². The fraction of sp³-hybridized carbons (Fsp3) is 0.333. The lowest BCUT2D eigenvalue weighted by Crippen LogP contribution is -2.44. The van der Waals surface area contributed by atoms with Gasteiger partial charge in [0, 0.05) is 26.0 Å². The molecule has 0 radical (unpaired) electrons. The van der Waals surface area contributed by atoms with Crippen molar-refractivity contribution < 1.29 is 4.74 Å². The van der Waals surface area contributed by atoms with E-state index in [1.54, 1.807) is 19.3 Å². The van der Waals surface area contributed by atoms with Crippen LogP contribution >= 0.6 is 0 Å². The number of aromatic nitrogens is 5. The standard InChI is InChI=1S/C18H22N8O/c1-12-11-27-10-9-25(12)18-16-4-3-15(13-6-8-21-23-13)26(16)24-17(22-18)14(20-2)5-7-19/h3-8,12,19-20H,9-11H2,1-2H3,(H,21,23)/b14-5-,19-7?. The molecule has 3 aromatic heterocycles. The molecule has 1 fully saturated rings. The van der Waals surface area contributed by atoms with E-state index in [1.807, 2.05) is 22.7 Å². The molecule has 4 heterocycles. The quantitative estimate of drug-likeness (QED) is 0.592. The number of ether oxygens (including phenoxy) is 1. The number of nitrogens with one attached hydrogen (secondary N) is 3. The Morgan fingerprint density at radius 2 is 2.30 bits per heavy atom. The van der Waals surface area contributed by atoms with Gasteiger partial charge in [-0.1, -0.05) is 0 Å². The summed E-state index contributed by atoms with van der Waals surface area (Å²) >= 11 is 0. The van der Waals surface area contributed by atoms with Crippen LogP contribution in [0.15, 0.2) is 30.5 Å². The Bertz CT molecular complexity index is 975. The van der Waals surface area contributed by atoms with Crippen molar-refractivity contribution in [1.82, 2.24) is 30.1 Å². The molecule has 9 heteroatoms. The van der Waals surface area contributed by atoms with E-state index in [4.69, 9.17) is 20.2 Å².